The van der Waals surface area contributed by atoms with Crippen molar-refractivity contribution in [1.82, 2.24) is 0 Å². The number of carbonyl (C=O) groups excluding carboxylic acids is 2. The normalized spacial score (nSPS) is 15.2. The lowest BCUT2D eigenvalue weighted by molar-refractivity contribution is 0.103. The summed E-state index contributed by atoms with van der Waals surface area (Å²) in [4.78, 5) is 44.0. The number of hydrogen-bond donors (Lipinski definition) is 0. The highest BCUT2D eigenvalue weighted by Crippen LogP contribution is 2.71. The van der Waals surface area contributed by atoms with E-state index in [1.54, 1.807) is 69.6 Å². The van der Waals surface area contributed by atoms with Crippen LogP contribution in [0.1, 0.15) is 330 Å². The Hall–Kier alpha value is -9.12. The van der Waals surface area contributed by atoms with Gasteiger partial charge in [0.25, 0.3) is 11.4 Å². The Morgan fingerprint density at radius 3 is 0.937 bits per heavy atom. The average Bonchev–Trinajstić information content (AvgIpc) is 1.49. The van der Waals surface area contributed by atoms with E-state index in [2.05, 4.69) is 173 Å². The Bertz CT molecular complexity index is 5700. The predicted molar refractivity (Wildman–Crippen MR) is 533 cm³/mol. The van der Waals surface area contributed by atoms with Crippen LogP contribution in [-0.2, 0) is 36.5 Å². The molecule has 0 radical (unpaired) electrons. The molecule has 4 heterocycles. The number of thiophene rings is 4. The molecule has 8 nitrogen and oxygen atoms in total. The van der Waals surface area contributed by atoms with Gasteiger partial charge >= 0.3 is 0 Å². The van der Waals surface area contributed by atoms with Crippen molar-refractivity contribution in [2.45, 2.75) is 258 Å². The number of aryl methyl sites for hydroxylation is 4. The van der Waals surface area contributed by atoms with Crippen molar-refractivity contribution in [2.75, 3.05) is 13.2 Å². The van der Waals surface area contributed by atoms with Crippen molar-refractivity contribution < 1.29 is 19.1 Å². The predicted octanol–water partition coefficient (Wildman–Crippen LogP) is 34.4. The van der Waals surface area contributed by atoms with Crippen LogP contribution in [0.25, 0.3) is 72.7 Å². The number of halogens is 4. The zero-order valence-electron chi connectivity index (χ0n) is 73.5. The first kappa shape index (κ1) is 91.6. The summed E-state index contributed by atoms with van der Waals surface area (Å²) in [5, 5.41) is 24.5. The molecule has 0 spiro atoms. The van der Waals surface area contributed by atoms with Crippen LogP contribution in [0.2, 0.25) is 20.1 Å². The largest absolute Gasteiger partial charge is 0.491 e. The lowest BCUT2D eigenvalue weighted by atomic mass is 9.66. The zero-order valence-corrected chi connectivity index (χ0v) is 79.8. The van der Waals surface area contributed by atoms with Gasteiger partial charge in [0.2, 0.25) is 0 Å². The van der Waals surface area contributed by atoms with Gasteiger partial charge in [0.1, 0.15) is 11.5 Å². The molecule has 4 aliphatic carbocycles. The third-order valence-electron chi connectivity index (χ3n) is 26.1. The molecular formula is C110H110Cl4N4O4S4. The summed E-state index contributed by atoms with van der Waals surface area (Å²) in [6.07, 6.45) is 38.5. The minimum atomic E-state index is -1.04. The van der Waals surface area contributed by atoms with E-state index in [9.17, 15) is 10.5 Å². The van der Waals surface area contributed by atoms with E-state index >= 15 is 9.59 Å². The first-order valence-corrected chi connectivity index (χ1v) is 51.0. The Morgan fingerprint density at radius 1 is 0.373 bits per heavy atom. The quantitative estimate of drug-likeness (QED) is 0.0163. The summed E-state index contributed by atoms with van der Waals surface area (Å²) in [5.41, 5.74) is 13.6. The topological polar surface area (TPSA) is 109 Å². The van der Waals surface area contributed by atoms with Crippen LogP contribution in [0.3, 0.4) is 0 Å². The van der Waals surface area contributed by atoms with E-state index in [0.717, 1.165) is 272 Å². The standard InChI is InChI=1S/C110H110Cl4N4O4S4/c1-9-15-21-27-29-35-57-121-101-95-97-107(103-85(61-77(123-103)59-83-93(91(67-115)117-7)79-63-87(111)89(113)65-81(79)99(83)119)109(97,73-49-41-69(42-50-73)37-31-23-17-11-3)74-51-43-70(44-52-74)38-32-24-18-12-4)126-106(95)102(122-58-36-30-28-22-16-10-2)96-98-108(125-105(96)101)104-86(62-78(124-104)60-84-94(92(68-116)118-8)80-64-88(112)90(114)66-82(80)100(84)120)110(98,75-53-45-71(46-54-75)39-33-25-19-13-5)76-55-47-72(48-56-76)40-34-26-20-14-6/h41-56,59-66H,9-40,57-58H2,1-6H3/b83-59-,84-60-,93-91+,94-92?. The average molecular weight is 1820 g/mol. The molecule has 0 N–H and O–H groups in total. The number of nitrogens with zero attached hydrogens (tertiary/aromatic N) is 4. The van der Waals surface area contributed by atoms with Crippen molar-refractivity contribution in [3.8, 4) is 43.1 Å². The molecule has 0 amide bonds. The van der Waals surface area contributed by atoms with Crippen LogP contribution < -0.4 is 9.47 Å². The van der Waals surface area contributed by atoms with Crippen LogP contribution in [0.4, 0.5) is 0 Å². The van der Waals surface area contributed by atoms with E-state index in [1.165, 1.54) is 60.8 Å². The number of ether oxygens (including phenoxy) is 2. The first-order valence-electron chi connectivity index (χ1n) is 46.2. The summed E-state index contributed by atoms with van der Waals surface area (Å²) in [6, 6.07) is 53.1. The molecule has 11 aromatic rings. The number of allylic oxidation sites excluding steroid dienone is 6. The molecule has 16 heteroatoms. The molecule has 15 rings (SSSR count). The molecule has 7 aromatic carbocycles. The van der Waals surface area contributed by atoms with Crippen molar-refractivity contribution in [2.24, 2.45) is 0 Å². The van der Waals surface area contributed by atoms with Crippen molar-refractivity contribution in [3.05, 3.63) is 298 Å². The Kier molecular flexibility index (Phi) is 30.5. The second-order valence-electron chi connectivity index (χ2n) is 34.5. The first-order chi connectivity index (χ1) is 61.6. The maximum atomic E-state index is 15.3. The molecule has 4 aliphatic rings. The Morgan fingerprint density at radius 2 is 0.651 bits per heavy atom. The van der Waals surface area contributed by atoms with Gasteiger partial charge in [0.05, 0.1) is 98.3 Å². The fraction of sp³-hybridized carbons (Fsp3) is 0.382. The second-order valence-corrected chi connectivity index (χ2v) is 40.4. The monoisotopic (exact) mass is 1820 g/mol. The SMILES string of the molecule is [C-]#[N+]C(C#N)=C1/C(=C/c2cc3c(s2)-c2sc4c(OCCCCCCCC)c5c6c(sc5c(OCCCCCCCC)c4c2C3(c2ccc(CCCCCC)cc2)c2ccc(CCCCCC)cc2)-c2sc(/C=C3\C(=O)c4cc(Cl)c(Cl)cc4\C3=C(\C#N)[N+]#[C-])cc2C6(c2ccc(CCCCCC)cc2)c2ccc(CCCCCC)cc2)C(=O)c2cc(Cl)c(Cl)cc21. The molecule has 0 saturated carbocycles. The lowest BCUT2D eigenvalue weighted by Crippen LogP contribution is -2.29. The number of fused-ring (bicyclic) bond motifs is 12. The molecule has 0 bridgehead atoms. The second kappa shape index (κ2) is 42.0. The number of carbonyl (C=O) groups is 2. The van der Waals surface area contributed by atoms with Gasteiger partial charge in [-0.05, 0) is 180 Å². The molecule has 126 heavy (non-hydrogen) atoms. The van der Waals surface area contributed by atoms with Crippen LogP contribution in [0.15, 0.2) is 156 Å². The number of rotatable bonds is 42. The molecule has 0 aliphatic heterocycles. The third kappa shape index (κ3) is 17.9. The highest BCUT2D eigenvalue weighted by atomic mass is 35.5. The number of Topliss-reactive ketones (excluding diaryl/α,β-unsaturated/α-hetero) is 2. The van der Waals surface area contributed by atoms with E-state index < -0.39 is 10.8 Å². The zero-order chi connectivity index (χ0) is 88.2. The molecule has 0 atom stereocenters. The maximum Gasteiger partial charge on any atom is 0.270 e. The van der Waals surface area contributed by atoms with Crippen LogP contribution in [0, 0.1) is 35.8 Å². The van der Waals surface area contributed by atoms with Gasteiger partial charge < -0.3 is 9.47 Å². The number of unbranched alkanes of at least 4 members (excludes halogenated alkanes) is 22. The molecule has 646 valence electrons. The highest BCUT2D eigenvalue weighted by molar-refractivity contribution is 7.29. The smallest absolute Gasteiger partial charge is 0.270 e. The van der Waals surface area contributed by atoms with Crippen molar-refractivity contribution in [3.63, 3.8) is 0 Å². The van der Waals surface area contributed by atoms with Crippen LogP contribution in [-0.4, -0.2) is 24.8 Å². The summed E-state index contributed by atoms with van der Waals surface area (Å²) in [5.74, 6) is 0.944. The van der Waals surface area contributed by atoms with Gasteiger partial charge in [-0.3, -0.25) is 9.59 Å². The number of nitriles is 2. The summed E-state index contributed by atoms with van der Waals surface area (Å²) < 4.78 is 18.1. The summed E-state index contributed by atoms with van der Waals surface area (Å²) in [6.45, 7) is 31.3. The Labute approximate surface area is 781 Å². The van der Waals surface area contributed by atoms with Crippen molar-refractivity contribution in [1.29, 1.82) is 10.5 Å². The number of benzene rings is 7. The minimum absolute atomic E-state index is 0.205. The molecular weight excluding hydrogens is 1710 g/mol. The van der Waals surface area contributed by atoms with Gasteiger partial charge in [-0.15, -0.1) is 45.3 Å². The van der Waals surface area contributed by atoms with Gasteiger partial charge in [0.15, 0.2) is 11.6 Å². The van der Waals surface area contributed by atoms with Gasteiger partial charge in [-0.1, -0.05) is 326 Å². The minimum Gasteiger partial charge on any atom is -0.491 e. The van der Waals surface area contributed by atoms with Crippen LogP contribution >= 0.6 is 91.8 Å². The maximum absolute atomic E-state index is 15.3. The van der Waals surface area contributed by atoms with Crippen LogP contribution in [0.5, 0.6) is 11.5 Å². The lowest BCUT2D eigenvalue weighted by Gasteiger charge is -2.35. The fourth-order valence-electron chi connectivity index (χ4n) is 19.7. The number of ketones is 2. The van der Waals surface area contributed by atoms with E-state index in [4.69, 9.17) is 69.0 Å². The third-order valence-corrected chi connectivity index (χ3v) is 32.4. The Balaban J connectivity index is 1.08. The highest BCUT2D eigenvalue weighted by Gasteiger charge is 2.55. The van der Waals surface area contributed by atoms with Gasteiger partial charge in [0, 0.05) is 65.1 Å². The van der Waals surface area contributed by atoms with Gasteiger partial charge in [-0.25, -0.2) is 20.2 Å². The summed E-state index contributed by atoms with van der Waals surface area (Å²) in [7, 11) is 0. The number of hydrogen-bond acceptors (Lipinski definition) is 10. The molecule has 0 saturated heterocycles. The van der Waals surface area contributed by atoms with Crippen molar-refractivity contribution >= 4 is 147 Å². The van der Waals surface area contributed by atoms with E-state index in [-0.39, 0.29) is 76.5 Å². The molecule has 0 unspecified atom stereocenters. The van der Waals surface area contributed by atoms with E-state index in [0.29, 0.717) is 24.3 Å². The van der Waals surface area contributed by atoms with Gasteiger partial charge in [-0.2, -0.15) is 0 Å². The summed E-state index contributed by atoms with van der Waals surface area (Å²) >= 11 is 33.9. The molecule has 4 aromatic heterocycles. The molecule has 0 fully saturated rings. The fourth-order valence-corrected chi connectivity index (χ4v) is 25.7. The van der Waals surface area contributed by atoms with E-state index in [1.807, 2.05) is 12.2 Å².